The number of amides is 2. The summed E-state index contributed by atoms with van der Waals surface area (Å²) in [6.07, 6.45) is 5.79. The number of fused-ring (bicyclic) bond motifs is 3. The van der Waals surface area contributed by atoms with Gasteiger partial charge in [-0.2, -0.15) is 0 Å². The van der Waals surface area contributed by atoms with Gasteiger partial charge in [0, 0.05) is 37.5 Å². The lowest BCUT2D eigenvalue weighted by molar-refractivity contribution is -0.138. The molecule has 1 atom stereocenters. The first-order valence-corrected chi connectivity index (χ1v) is 11.8. The topological polar surface area (TPSA) is 95.9 Å². The summed E-state index contributed by atoms with van der Waals surface area (Å²) in [5, 5.41) is 11.6. The van der Waals surface area contributed by atoms with Crippen molar-refractivity contribution in [1.29, 1.82) is 0 Å². The molecule has 2 amide bonds. The van der Waals surface area contributed by atoms with Gasteiger partial charge in [0.25, 0.3) is 0 Å². The van der Waals surface area contributed by atoms with E-state index in [1.54, 1.807) is 11.0 Å². The van der Waals surface area contributed by atoms with Crippen LogP contribution in [0.3, 0.4) is 0 Å². The van der Waals surface area contributed by atoms with Gasteiger partial charge < -0.3 is 20.1 Å². The summed E-state index contributed by atoms with van der Waals surface area (Å²) in [7, 11) is 0. The average Bonchev–Trinajstić information content (AvgIpc) is 3.18. The Morgan fingerprint density at radius 2 is 1.71 bits per heavy atom. The smallest absolute Gasteiger partial charge is 0.407 e. The molecular weight excluding hydrogens is 432 g/mol. The van der Waals surface area contributed by atoms with Gasteiger partial charge in [-0.15, -0.1) is 0 Å². The van der Waals surface area contributed by atoms with E-state index in [-0.39, 0.29) is 37.4 Å². The highest BCUT2D eigenvalue weighted by molar-refractivity contribution is 5.88. The maximum absolute atomic E-state index is 12.6. The van der Waals surface area contributed by atoms with Crippen molar-refractivity contribution in [3.8, 4) is 11.1 Å². The van der Waals surface area contributed by atoms with Crippen molar-refractivity contribution in [2.45, 2.75) is 44.1 Å². The Morgan fingerprint density at radius 1 is 1.03 bits per heavy atom. The normalized spacial score (nSPS) is 17.3. The molecule has 0 bridgehead atoms. The van der Waals surface area contributed by atoms with Gasteiger partial charge in [-0.25, -0.2) is 4.79 Å². The van der Waals surface area contributed by atoms with E-state index in [1.807, 2.05) is 24.3 Å². The van der Waals surface area contributed by atoms with E-state index in [1.165, 1.54) is 17.2 Å². The van der Waals surface area contributed by atoms with Gasteiger partial charge in [0.1, 0.15) is 6.61 Å². The van der Waals surface area contributed by atoms with Crippen molar-refractivity contribution in [1.82, 2.24) is 10.2 Å². The van der Waals surface area contributed by atoms with Crippen LogP contribution in [0.2, 0.25) is 0 Å². The number of aliphatic carboxylic acids is 1. The molecule has 178 valence electrons. The lowest BCUT2D eigenvalue weighted by Gasteiger charge is -2.35. The lowest BCUT2D eigenvalue weighted by Crippen LogP contribution is -2.43. The Hall–Kier alpha value is -3.61. The molecule has 0 spiro atoms. The van der Waals surface area contributed by atoms with E-state index in [0.717, 1.165) is 30.4 Å². The SMILES string of the molecule is O=C(O)CCC1CCCCN1C(=O)/C=C/CNC(=O)OCC1c2ccccc2-c2ccccc21. The molecule has 4 rings (SSSR count). The molecular formula is C27H30N2O5. The molecule has 1 heterocycles. The molecule has 1 fully saturated rings. The minimum absolute atomic E-state index is 0.00268. The van der Waals surface area contributed by atoms with Crippen LogP contribution >= 0.6 is 0 Å². The number of rotatable bonds is 8. The summed E-state index contributed by atoms with van der Waals surface area (Å²) in [4.78, 5) is 37.5. The van der Waals surface area contributed by atoms with Gasteiger partial charge in [-0.05, 0) is 47.9 Å². The first-order valence-electron chi connectivity index (χ1n) is 11.8. The number of nitrogens with one attached hydrogen (secondary N) is 1. The molecule has 1 aliphatic carbocycles. The van der Waals surface area contributed by atoms with Crippen LogP contribution in [0.15, 0.2) is 60.7 Å². The molecule has 7 heteroatoms. The molecule has 0 radical (unpaired) electrons. The van der Waals surface area contributed by atoms with Crippen LogP contribution in [0.4, 0.5) is 4.79 Å². The quantitative estimate of drug-likeness (QED) is 0.570. The number of carboxylic acid groups (broad SMARTS) is 1. The summed E-state index contributed by atoms with van der Waals surface area (Å²) in [5.41, 5.74) is 4.66. The van der Waals surface area contributed by atoms with Gasteiger partial charge in [0.2, 0.25) is 5.91 Å². The second kappa shape index (κ2) is 11.0. The zero-order chi connectivity index (χ0) is 23.9. The number of hydrogen-bond acceptors (Lipinski definition) is 4. The third-order valence-corrected chi connectivity index (χ3v) is 6.57. The van der Waals surface area contributed by atoms with Crippen LogP contribution in [0, 0.1) is 0 Å². The Labute approximate surface area is 199 Å². The predicted octanol–water partition coefficient (Wildman–Crippen LogP) is 4.33. The number of alkyl carbamates (subject to hydrolysis) is 1. The molecule has 2 aromatic carbocycles. The number of benzene rings is 2. The molecule has 2 aliphatic rings. The number of carboxylic acids is 1. The third kappa shape index (κ3) is 5.47. The molecule has 2 N–H and O–H groups in total. The van der Waals surface area contributed by atoms with Gasteiger partial charge in [0.05, 0.1) is 0 Å². The van der Waals surface area contributed by atoms with Crippen molar-refractivity contribution >= 4 is 18.0 Å². The van der Waals surface area contributed by atoms with Crippen molar-refractivity contribution < 1.29 is 24.2 Å². The maximum Gasteiger partial charge on any atom is 0.407 e. The highest BCUT2D eigenvalue weighted by Gasteiger charge is 2.29. The number of piperidine rings is 1. The molecule has 1 aliphatic heterocycles. The van der Waals surface area contributed by atoms with Crippen LogP contribution in [0.5, 0.6) is 0 Å². The van der Waals surface area contributed by atoms with Crippen molar-refractivity contribution in [2.24, 2.45) is 0 Å². The van der Waals surface area contributed by atoms with E-state index in [2.05, 4.69) is 29.6 Å². The summed E-state index contributed by atoms with van der Waals surface area (Å²) >= 11 is 0. The fourth-order valence-corrected chi connectivity index (χ4v) is 4.93. The minimum Gasteiger partial charge on any atom is -0.481 e. The number of carbonyl (C=O) groups excluding carboxylic acids is 2. The molecule has 1 saturated heterocycles. The Bertz CT molecular complexity index is 1030. The first kappa shape index (κ1) is 23.5. The van der Waals surface area contributed by atoms with Crippen LogP contribution in [-0.4, -0.2) is 53.7 Å². The summed E-state index contributed by atoms with van der Waals surface area (Å²) < 4.78 is 5.50. The van der Waals surface area contributed by atoms with Crippen LogP contribution in [0.25, 0.3) is 11.1 Å². The highest BCUT2D eigenvalue weighted by atomic mass is 16.5. The van der Waals surface area contributed by atoms with Crippen LogP contribution < -0.4 is 5.32 Å². The number of nitrogens with zero attached hydrogens (tertiary/aromatic N) is 1. The van der Waals surface area contributed by atoms with Gasteiger partial charge in [-0.1, -0.05) is 54.6 Å². The van der Waals surface area contributed by atoms with E-state index in [9.17, 15) is 14.4 Å². The second-order valence-corrected chi connectivity index (χ2v) is 8.72. The monoisotopic (exact) mass is 462 g/mol. The molecule has 7 nitrogen and oxygen atoms in total. The number of hydrogen-bond donors (Lipinski definition) is 2. The van der Waals surface area contributed by atoms with Gasteiger partial charge in [-0.3, -0.25) is 9.59 Å². The lowest BCUT2D eigenvalue weighted by atomic mass is 9.98. The summed E-state index contributed by atoms with van der Waals surface area (Å²) in [5.74, 6) is -0.998. The van der Waals surface area contributed by atoms with Crippen molar-refractivity contribution in [3.63, 3.8) is 0 Å². The van der Waals surface area contributed by atoms with E-state index in [4.69, 9.17) is 9.84 Å². The minimum atomic E-state index is -0.846. The molecule has 0 aromatic heterocycles. The largest absolute Gasteiger partial charge is 0.481 e. The van der Waals surface area contributed by atoms with E-state index in [0.29, 0.717) is 13.0 Å². The summed E-state index contributed by atoms with van der Waals surface area (Å²) in [6, 6.07) is 16.3. The second-order valence-electron chi connectivity index (χ2n) is 8.72. The van der Waals surface area contributed by atoms with Crippen molar-refractivity contribution in [2.75, 3.05) is 19.7 Å². The average molecular weight is 463 g/mol. The molecule has 2 aromatic rings. The fourth-order valence-electron chi connectivity index (χ4n) is 4.93. The van der Waals surface area contributed by atoms with E-state index >= 15 is 0 Å². The van der Waals surface area contributed by atoms with Gasteiger partial charge >= 0.3 is 12.1 Å². The number of carbonyl (C=O) groups is 3. The van der Waals surface area contributed by atoms with Crippen LogP contribution in [0.1, 0.15) is 49.1 Å². The van der Waals surface area contributed by atoms with Crippen LogP contribution in [-0.2, 0) is 14.3 Å². The zero-order valence-electron chi connectivity index (χ0n) is 19.1. The maximum atomic E-state index is 12.6. The molecule has 0 saturated carbocycles. The Balaban J connectivity index is 1.25. The predicted molar refractivity (Wildman–Crippen MR) is 128 cm³/mol. The van der Waals surface area contributed by atoms with E-state index < -0.39 is 12.1 Å². The third-order valence-electron chi connectivity index (χ3n) is 6.57. The molecule has 34 heavy (non-hydrogen) atoms. The summed E-state index contributed by atoms with van der Waals surface area (Å²) in [6.45, 7) is 1.05. The zero-order valence-corrected chi connectivity index (χ0v) is 19.1. The Kier molecular flexibility index (Phi) is 7.62. The molecule has 1 unspecified atom stereocenters. The number of likely N-dealkylation sites (tertiary alicyclic amines) is 1. The first-order chi connectivity index (χ1) is 16.5. The highest BCUT2D eigenvalue weighted by Crippen LogP contribution is 2.44. The Morgan fingerprint density at radius 3 is 2.38 bits per heavy atom. The standard InChI is InChI=1S/C27H30N2O5/c30-25(29-17-6-5-8-19(29)14-15-26(31)32)13-7-16-28-27(33)34-18-24-22-11-3-1-9-20(22)21-10-2-4-12-23(21)24/h1-4,7,9-13,19,24H,5-6,8,14-18H2,(H,28,33)(H,31,32)/b13-7+. The number of ether oxygens (including phenoxy) is 1. The van der Waals surface area contributed by atoms with Gasteiger partial charge in [0.15, 0.2) is 0 Å². The van der Waals surface area contributed by atoms with Crippen molar-refractivity contribution in [3.05, 3.63) is 71.8 Å². The fraction of sp³-hybridized carbons (Fsp3) is 0.370.